The van der Waals surface area contributed by atoms with Crippen LogP contribution in [-0.4, -0.2) is 12.5 Å². The van der Waals surface area contributed by atoms with Crippen molar-refractivity contribution < 1.29 is 4.79 Å². The number of para-hydroxylation sites is 1. The van der Waals surface area contributed by atoms with Gasteiger partial charge >= 0.3 is 0 Å². The summed E-state index contributed by atoms with van der Waals surface area (Å²) < 4.78 is 0. The summed E-state index contributed by atoms with van der Waals surface area (Å²) >= 11 is 0. The number of hydrogen-bond acceptors (Lipinski definition) is 1. The molecular weight excluding hydrogens is 186 g/mol. The zero-order chi connectivity index (χ0) is 10.7. The minimum absolute atomic E-state index is 0.279. The monoisotopic (exact) mass is 203 g/mol. The highest BCUT2D eigenvalue weighted by molar-refractivity contribution is 5.95. The fraction of sp³-hybridized carbons (Fsp3) is 0.462. The molecule has 15 heavy (non-hydrogen) atoms. The first-order chi connectivity index (χ1) is 7.33. The average Bonchev–Trinajstić information content (AvgIpc) is 2.69. The minimum Gasteiger partial charge on any atom is -0.312 e. The standard InChI is InChI=1S/C13H17NO/c1-2-3-8-13(15)14-10-9-11-6-4-5-7-12(11)14/h4-7H,2-3,8-10H2,1H3. The zero-order valence-electron chi connectivity index (χ0n) is 9.20. The lowest BCUT2D eigenvalue weighted by Crippen LogP contribution is -2.28. The van der Waals surface area contributed by atoms with Crippen molar-refractivity contribution >= 4 is 11.6 Å². The molecule has 1 aromatic carbocycles. The Bertz CT molecular complexity index is 359. The maximum absolute atomic E-state index is 11.9. The third-order valence-electron chi connectivity index (χ3n) is 2.93. The second-order valence-electron chi connectivity index (χ2n) is 4.03. The molecule has 0 aromatic heterocycles. The molecule has 0 N–H and O–H groups in total. The highest BCUT2D eigenvalue weighted by atomic mass is 16.2. The molecule has 80 valence electrons. The molecule has 1 heterocycles. The van der Waals surface area contributed by atoms with E-state index >= 15 is 0 Å². The Hall–Kier alpha value is -1.31. The van der Waals surface area contributed by atoms with Gasteiger partial charge in [-0.25, -0.2) is 0 Å². The lowest BCUT2D eigenvalue weighted by atomic mass is 10.2. The van der Waals surface area contributed by atoms with Crippen molar-refractivity contribution in [1.29, 1.82) is 0 Å². The molecule has 1 amide bonds. The average molecular weight is 203 g/mol. The summed E-state index contributed by atoms with van der Waals surface area (Å²) in [7, 11) is 0. The molecule has 2 rings (SSSR count). The van der Waals surface area contributed by atoms with Gasteiger partial charge in [-0.1, -0.05) is 31.5 Å². The quantitative estimate of drug-likeness (QED) is 0.739. The van der Waals surface area contributed by atoms with Gasteiger partial charge in [0, 0.05) is 18.7 Å². The van der Waals surface area contributed by atoms with Gasteiger partial charge in [-0.15, -0.1) is 0 Å². The second-order valence-corrected chi connectivity index (χ2v) is 4.03. The van der Waals surface area contributed by atoms with E-state index in [4.69, 9.17) is 0 Å². The summed E-state index contributed by atoms with van der Waals surface area (Å²) in [6.07, 6.45) is 3.78. The molecule has 0 saturated heterocycles. The second kappa shape index (κ2) is 4.47. The van der Waals surface area contributed by atoms with Crippen molar-refractivity contribution in [2.24, 2.45) is 0 Å². The fourth-order valence-electron chi connectivity index (χ4n) is 2.06. The molecule has 1 aromatic rings. The molecule has 0 atom stereocenters. The molecule has 0 unspecified atom stereocenters. The predicted octanol–water partition coefficient (Wildman–Crippen LogP) is 2.77. The molecule has 0 spiro atoms. The normalized spacial score (nSPS) is 14.1. The molecule has 0 bridgehead atoms. The first-order valence-electron chi connectivity index (χ1n) is 5.71. The number of benzene rings is 1. The third kappa shape index (κ3) is 2.04. The van der Waals surface area contributed by atoms with Gasteiger partial charge in [0.1, 0.15) is 0 Å². The van der Waals surface area contributed by atoms with Crippen molar-refractivity contribution in [3.8, 4) is 0 Å². The Morgan fingerprint density at radius 1 is 1.40 bits per heavy atom. The molecular formula is C13H17NO. The van der Waals surface area contributed by atoms with Gasteiger partial charge < -0.3 is 4.90 Å². The summed E-state index contributed by atoms with van der Waals surface area (Å²) in [5.74, 6) is 0.279. The smallest absolute Gasteiger partial charge is 0.226 e. The number of fused-ring (bicyclic) bond motifs is 1. The minimum atomic E-state index is 0.279. The van der Waals surface area contributed by atoms with E-state index in [9.17, 15) is 4.79 Å². The van der Waals surface area contributed by atoms with Crippen LogP contribution < -0.4 is 4.90 Å². The summed E-state index contributed by atoms with van der Waals surface area (Å²) in [6, 6.07) is 8.21. The highest BCUT2D eigenvalue weighted by Gasteiger charge is 2.22. The number of rotatable bonds is 3. The number of carbonyl (C=O) groups is 1. The van der Waals surface area contributed by atoms with E-state index in [1.807, 2.05) is 23.1 Å². The number of carbonyl (C=O) groups excluding carboxylic acids is 1. The molecule has 0 aliphatic carbocycles. The van der Waals surface area contributed by atoms with Crippen LogP contribution in [0.5, 0.6) is 0 Å². The van der Waals surface area contributed by atoms with Crippen LogP contribution in [0.4, 0.5) is 5.69 Å². The fourth-order valence-corrected chi connectivity index (χ4v) is 2.06. The van der Waals surface area contributed by atoms with Gasteiger partial charge in [0.05, 0.1) is 0 Å². The van der Waals surface area contributed by atoms with Crippen LogP contribution in [0.3, 0.4) is 0 Å². The van der Waals surface area contributed by atoms with Crippen LogP contribution in [-0.2, 0) is 11.2 Å². The number of anilines is 1. The third-order valence-corrected chi connectivity index (χ3v) is 2.93. The Labute approximate surface area is 90.9 Å². The largest absolute Gasteiger partial charge is 0.312 e. The van der Waals surface area contributed by atoms with Crippen molar-refractivity contribution in [3.63, 3.8) is 0 Å². The van der Waals surface area contributed by atoms with E-state index in [0.717, 1.165) is 31.5 Å². The molecule has 2 heteroatoms. The molecule has 0 saturated carbocycles. The molecule has 0 radical (unpaired) electrons. The molecule has 0 fully saturated rings. The SMILES string of the molecule is CCCCC(=O)N1CCc2ccccc21. The van der Waals surface area contributed by atoms with Crippen molar-refractivity contribution in [2.75, 3.05) is 11.4 Å². The number of unbranched alkanes of at least 4 members (excludes halogenated alkanes) is 1. The summed E-state index contributed by atoms with van der Waals surface area (Å²) in [5, 5.41) is 0. The van der Waals surface area contributed by atoms with Crippen LogP contribution in [0, 0.1) is 0 Å². The van der Waals surface area contributed by atoms with Crippen molar-refractivity contribution in [1.82, 2.24) is 0 Å². The van der Waals surface area contributed by atoms with Crippen LogP contribution in [0.15, 0.2) is 24.3 Å². The lowest BCUT2D eigenvalue weighted by Gasteiger charge is -2.16. The predicted molar refractivity (Wildman–Crippen MR) is 62.0 cm³/mol. The Morgan fingerprint density at radius 2 is 2.20 bits per heavy atom. The van der Waals surface area contributed by atoms with Crippen molar-refractivity contribution in [3.05, 3.63) is 29.8 Å². The Morgan fingerprint density at radius 3 is 3.00 bits per heavy atom. The maximum atomic E-state index is 11.9. The van der Waals surface area contributed by atoms with Crippen LogP contribution in [0.25, 0.3) is 0 Å². The zero-order valence-corrected chi connectivity index (χ0v) is 9.20. The summed E-state index contributed by atoms with van der Waals surface area (Å²) in [4.78, 5) is 13.8. The van der Waals surface area contributed by atoms with Gasteiger partial charge in [0.2, 0.25) is 5.91 Å². The first-order valence-corrected chi connectivity index (χ1v) is 5.71. The molecule has 2 nitrogen and oxygen atoms in total. The van der Waals surface area contributed by atoms with E-state index in [-0.39, 0.29) is 5.91 Å². The Balaban J connectivity index is 2.10. The van der Waals surface area contributed by atoms with E-state index in [1.165, 1.54) is 5.56 Å². The van der Waals surface area contributed by atoms with Gasteiger partial charge in [0.15, 0.2) is 0 Å². The number of hydrogen-bond donors (Lipinski definition) is 0. The Kier molecular flexibility index (Phi) is 3.05. The summed E-state index contributed by atoms with van der Waals surface area (Å²) in [5.41, 5.74) is 2.43. The van der Waals surface area contributed by atoms with Crippen LogP contribution in [0.2, 0.25) is 0 Å². The number of nitrogens with zero attached hydrogens (tertiary/aromatic N) is 1. The number of amides is 1. The van der Waals surface area contributed by atoms with Gasteiger partial charge in [0.25, 0.3) is 0 Å². The summed E-state index contributed by atoms with van der Waals surface area (Å²) in [6.45, 7) is 2.98. The molecule has 1 aliphatic heterocycles. The van der Waals surface area contributed by atoms with Gasteiger partial charge in [-0.3, -0.25) is 4.79 Å². The topological polar surface area (TPSA) is 20.3 Å². The van der Waals surface area contributed by atoms with Crippen molar-refractivity contribution in [2.45, 2.75) is 32.6 Å². The maximum Gasteiger partial charge on any atom is 0.226 e. The van der Waals surface area contributed by atoms with Crippen LogP contribution in [0.1, 0.15) is 31.7 Å². The lowest BCUT2D eigenvalue weighted by molar-refractivity contribution is -0.118. The van der Waals surface area contributed by atoms with Crippen LogP contribution >= 0.6 is 0 Å². The first kappa shape index (κ1) is 10.2. The van der Waals surface area contributed by atoms with Gasteiger partial charge in [-0.2, -0.15) is 0 Å². The highest BCUT2D eigenvalue weighted by Crippen LogP contribution is 2.28. The van der Waals surface area contributed by atoms with Gasteiger partial charge in [-0.05, 0) is 24.5 Å². The van der Waals surface area contributed by atoms with E-state index < -0.39 is 0 Å². The van der Waals surface area contributed by atoms with E-state index in [2.05, 4.69) is 13.0 Å². The van der Waals surface area contributed by atoms with E-state index in [1.54, 1.807) is 0 Å². The molecule has 1 aliphatic rings. The van der Waals surface area contributed by atoms with E-state index in [0.29, 0.717) is 6.42 Å².